The highest BCUT2D eigenvalue weighted by atomic mass is 32.2. The van der Waals surface area contributed by atoms with Crippen molar-refractivity contribution in [3.05, 3.63) is 95.6 Å². The molecule has 216 valence electrons. The SMILES string of the molecule is O=S(=O)(c1ccccc1OC(F)(F)F)N1CCN(CCOC(c2ccccc2)c2cccc(C(F)(F)F)c2)CC1. The first-order valence-electron chi connectivity index (χ1n) is 12.3. The Morgan fingerprint density at radius 2 is 1.40 bits per heavy atom. The maximum absolute atomic E-state index is 13.3. The Balaban J connectivity index is 1.39. The third-order valence-corrected chi connectivity index (χ3v) is 8.27. The average Bonchev–Trinajstić information content (AvgIpc) is 2.91. The zero-order valence-corrected chi connectivity index (χ0v) is 21.8. The second kappa shape index (κ2) is 12.2. The molecule has 1 aliphatic rings. The average molecular weight is 589 g/mol. The Hall–Kier alpha value is -3.13. The van der Waals surface area contributed by atoms with Crippen molar-refractivity contribution in [1.29, 1.82) is 0 Å². The number of alkyl halides is 6. The van der Waals surface area contributed by atoms with Crippen LogP contribution in [0.2, 0.25) is 0 Å². The fourth-order valence-electron chi connectivity index (χ4n) is 4.40. The van der Waals surface area contributed by atoms with Gasteiger partial charge in [0.15, 0.2) is 0 Å². The Bertz CT molecular complexity index is 1380. The third-order valence-electron chi connectivity index (χ3n) is 6.33. The molecule has 0 saturated carbocycles. The van der Waals surface area contributed by atoms with Gasteiger partial charge in [0.05, 0.1) is 12.2 Å². The van der Waals surface area contributed by atoms with E-state index in [4.69, 9.17) is 4.74 Å². The number of piperazine rings is 1. The maximum atomic E-state index is 13.3. The van der Waals surface area contributed by atoms with Gasteiger partial charge in [0, 0.05) is 32.7 Å². The first-order valence-corrected chi connectivity index (χ1v) is 13.7. The Labute approximate surface area is 227 Å². The van der Waals surface area contributed by atoms with E-state index in [0.717, 1.165) is 28.6 Å². The second-order valence-electron chi connectivity index (χ2n) is 9.03. The molecule has 1 unspecified atom stereocenters. The zero-order chi connectivity index (χ0) is 29.0. The number of benzene rings is 3. The molecule has 0 N–H and O–H groups in total. The van der Waals surface area contributed by atoms with Crippen LogP contribution in [-0.2, 0) is 20.9 Å². The molecule has 0 aromatic heterocycles. The van der Waals surface area contributed by atoms with E-state index in [1.165, 1.54) is 18.2 Å². The van der Waals surface area contributed by atoms with Crippen molar-refractivity contribution in [2.75, 3.05) is 39.3 Å². The second-order valence-corrected chi connectivity index (χ2v) is 10.9. The Morgan fingerprint density at radius 1 is 0.775 bits per heavy atom. The van der Waals surface area contributed by atoms with E-state index in [-0.39, 0.29) is 32.8 Å². The summed E-state index contributed by atoms with van der Waals surface area (Å²) in [4.78, 5) is 1.34. The molecule has 0 radical (unpaired) electrons. The lowest BCUT2D eigenvalue weighted by Crippen LogP contribution is -2.49. The topological polar surface area (TPSA) is 59.1 Å². The molecule has 4 rings (SSSR count). The summed E-state index contributed by atoms with van der Waals surface area (Å²) < 4.78 is 115. The summed E-state index contributed by atoms with van der Waals surface area (Å²) in [6.07, 6.45) is -10.3. The van der Waals surface area contributed by atoms with Gasteiger partial charge in [-0.05, 0) is 35.4 Å². The number of nitrogens with zero attached hydrogens (tertiary/aromatic N) is 2. The van der Waals surface area contributed by atoms with Crippen LogP contribution in [0.5, 0.6) is 5.75 Å². The van der Waals surface area contributed by atoms with E-state index in [1.807, 2.05) is 4.90 Å². The minimum absolute atomic E-state index is 0.0262. The molecule has 0 amide bonds. The van der Waals surface area contributed by atoms with Gasteiger partial charge in [-0.25, -0.2) is 8.42 Å². The molecule has 6 nitrogen and oxygen atoms in total. The van der Waals surface area contributed by atoms with Crippen molar-refractivity contribution in [1.82, 2.24) is 9.21 Å². The number of sulfonamides is 1. The van der Waals surface area contributed by atoms with Crippen LogP contribution in [0.3, 0.4) is 0 Å². The van der Waals surface area contributed by atoms with Crippen molar-refractivity contribution in [2.45, 2.75) is 23.5 Å². The molecule has 3 aromatic rings. The van der Waals surface area contributed by atoms with Gasteiger partial charge in [-0.1, -0.05) is 54.6 Å². The van der Waals surface area contributed by atoms with Crippen LogP contribution < -0.4 is 4.74 Å². The summed E-state index contributed by atoms with van der Waals surface area (Å²) in [5, 5.41) is 0. The van der Waals surface area contributed by atoms with Crippen molar-refractivity contribution in [2.24, 2.45) is 0 Å². The molecule has 0 aliphatic carbocycles. The first kappa shape index (κ1) is 29.8. The van der Waals surface area contributed by atoms with Crippen molar-refractivity contribution in [3.8, 4) is 5.75 Å². The zero-order valence-electron chi connectivity index (χ0n) is 21.0. The third kappa shape index (κ3) is 7.53. The normalized spacial score (nSPS) is 16.6. The lowest BCUT2D eigenvalue weighted by atomic mass is 9.99. The molecular weight excluding hydrogens is 562 g/mol. The van der Waals surface area contributed by atoms with Gasteiger partial charge in [-0.15, -0.1) is 13.2 Å². The first-order chi connectivity index (χ1) is 18.8. The molecule has 1 saturated heterocycles. The summed E-state index contributed by atoms with van der Waals surface area (Å²) in [7, 11) is -4.25. The summed E-state index contributed by atoms with van der Waals surface area (Å²) in [6.45, 7) is 1.13. The van der Waals surface area contributed by atoms with Gasteiger partial charge < -0.3 is 9.47 Å². The van der Waals surface area contributed by atoms with E-state index in [9.17, 15) is 34.8 Å². The van der Waals surface area contributed by atoms with Crippen LogP contribution in [0.4, 0.5) is 26.3 Å². The molecule has 1 heterocycles. The number of halogens is 6. The van der Waals surface area contributed by atoms with Crippen molar-refractivity contribution < 1.29 is 44.2 Å². The van der Waals surface area contributed by atoms with E-state index in [2.05, 4.69) is 4.74 Å². The molecule has 3 aromatic carbocycles. The molecule has 1 fully saturated rings. The van der Waals surface area contributed by atoms with E-state index >= 15 is 0 Å². The predicted octanol–water partition coefficient (Wildman–Crippen LogP) is 5.72. The summed E-state index contributed by atoms with van der Waals surface area (Å²) in [6, 6.07) is 18.3. The Kier molecular flexibility index (Phi) is 9.08. The molecule has 1 atom stereocenters. The standard InChI is InChI=1S/C27H26F6N2O4S/c28-26(29,30)22-10-6-9-21(19-22)25(20-7-2-1-3-8-20)38-18-17-34-13-15-35(16-14-34)40(36,37)24-12-5-4-11-23(24)39-27(31,32)33/h1-12,19,25H,13-18H2. The van der Waals surface area contributed by atoms with E-state index in [0.29, 0.717) is 17.7 Å². The van der Waals surface area contributed by atoms with Crippen LogP contribution in [0.15, 0.2) is 83.8 Å². The van der Waals surface area contributed by atoms with Gasteiger partial charge >= 0.3 is 12.5 Å². The van der Waals surface area contributed by atoms with E-state index in [1.54, 1.807) is 36.4 Å². The maximum Gasteiger partial charge on any atom is 0.573 e. The summed E-state index contributed by atoms with van der Waals surface area (Å²) in [5.74, 6) is -0.799. The summed E-state index contributed by atoms with van der Waals surface area (Å²) >= 11 is 0. The van der Waals surface area contributed by atoms with Crippen LogP contribution in [0, 0.1) is 0 Å². The van der Waals surface area contributed by atoms with Gasteiger partial charge in [0.2, 0.25) is 10.0 Å². The van der Waals surface area contributed by atoms with Gasteiger partial charge in [0.1, 0.15) is 16.7 Å². The molecule has 40 heavy (non-hydrogen) atoms. The highest BCUT2D eigenvalue weighted by molar-refractivity contribution is 7.89. The monoisotopic (exact) mass is 588 g/mol. The number of hydrogen-bond donors (Lipinski definition) is 0. The van der Waals surface area contributed by atoms with Gasteiger partial charge in [-0.3, -0.25) is 4.90 Å². The Morgan fingerprint density at radius 3 is 2.05 bits per heavy atom. The molecule has 13 heteroatoms. The van der Waals surface area contributed by atoms with E-state index < -0.39 is 44.9 Å². The highest BCUT2D eigenvalue weighted by Gasteiger charge is 2.36. The minimum atomic E-state index is -5.05. The minimum Gasteiger partial charge on any atom is -0.404 e. The van der Waals surface area contributed by atoms with Crippen LogP contribution in [-0.4, -0.2) is 63.3 Å². The number of rotatable bonds is 9. The van der Waals surface area contributed by atoms with Crippen LogP contribution in [0.25, 0.3) is 0 Å². The molecule has 1 aliphatic heterocycles. The molecule has 0 bridgehead atoms. The number of hydrogen-bond acceptors (Lipinski definition) is 5. The van der Waals surface area contributed by atoms with Crippen LogP contribution in [0.1, 0.15) is 22.8 Å². The predicted molar refractivity (Wildman–Crippen MR) is 134 cm³/mol. The van der Waals surface area contributed by atoms with Crippen LogP contribution >= 0.6 is 0 Å². The van der Waals surface area contributed by atoms with Gasteiger partial charge in [0.25, 0.3) is 0 Å². The van der Waals surface area contributed by atoms with Crippen molar-refractivity contribution >= 4 is 10.0 Å². The fraction of sp³-hybridized carbons (Fsp3) is 0.333. The highest BCUT2D eigenvalue weighted by Crippen LogP contribution is 2.34. The largest absolute Gasteiger partial charge is 0.573 e. The fourth-order valence-corrected chi connectivity index (χ4v) is 5.93. The summed E-state index contributed by atoms with van der Waals surface area (Å²) in [5.41, 5.74) is 0.239. The molecule has 0 spiro atoms. The lowest BCUT2D eigenvalue weighted by molar-refractivity contribution is -0.275. The molecular formula is C27H26F6N2O4S. The van der Waals surface area contributed by atoms with Crippen molar-refractivity contribution in [3.63, 3.8) is 0 Å². The van der Waals surface area contributed by atoms with Gasteiger partial charge in [-0.2, -0.15) is 17.5 Å². The lowest BCUT2D eigenvalue weighted by Gasteiger charge is -2.34. The number of para-hydroxylation sites is 1. The number of ether oxygens (including phenoxy) is 2. The smallest absolute Gasteiger partial charge is 0.404 e. The quantitative estimate of drug-likeness (QED) is 0.300.